The molecule has 1 aromatic rings. The number of ether oxygens (including phenoxy) is 1. The molecule has 0 saturated carbocycles. The van der Waals surface area contributed by atoms with Gasteiger partial charge in [-0.3, -0.25) is 0 Å². The Labute approximate surface area is 102 Å². The Morgan fingerprint density at radius 1 is 1.47 bits per heavy atom. The van der Waals surface area contributed by atoms with Gasteiger partial charge in [0.15, 0.2) is 0 Å². The van der Waals surface area contributed by atoms with Crippen molar-refractivity contribution in [3.8, 4) is 0 Å². The first-order valence-corrected chi connectivity index (χ1v) is 6.21. The highest BCUT2D eigenvalue weighted by atomic mass is 16.5. The van der Waals surface area contributed by atoms with Gasteiger partial charge < -0.3 is 14.6 Å². The minimum atomic E-state index is -0.371. The van der Waals surface area contributed by atoms with Gasteiger partial charge in [-0.25, -0.2) is 0 Å². The molecule has 1 fully saturated rings. The Hall–Kier alpha value is -0.940. The van der Waals surface area contributed by atoms with E-state index >= 15 is 0 Å². The normalized spacial score (nSPS) is 25.4. The van der Waals surface area contributed by atoms with E-state index < -0.39 is 0 Å². The third-order valence-corrected chi connectivity index (χ3v) is 3.27. The maximum Gasteiger partial charge on any atom is 0.246 e. The molecule has 2 heterocycles. The first-order chi connectivity index (χ1) is 7.98. The molecule has 0 spiro atoms. The molecule has 1 aliphatic rings. The molecular formula is C12H21N3O2. The van der Waals surface area contributed by atoms with Crippen molar-refractivity contribution in [3.63, 3.8) is 0 Å². The van der Waals surface area contributed by atoms with Crippen LogP contribution in [-0.4, -0.2) is 23.3 Å². The lowest BCUT2D eigenvalue weighted by Gasteiger charge is -2.21. The lowest BCUT2D eigenvalue weighted by Crippen LogP contribution is -2.36. The van der Waals surface area contributed by atoms with Gasteiger partial charge in [-0.05, 0) is 40.2 Å². The molecule has 0 aliphatic carbocycles. The summed E-state index contributed by atoms with van der Waals surface area (Å²) >= 11 is 0. The van der Waals surface area contributed by atoms with E-state index in [1.165, 1.54) is 0 Å². The lowest BCUT2D eigenvalue weighted by atomic mass is 10.0. The van der Waals surface area contributed by atoms with Gasteiger partial charge in [-0.2, -0.15) is 4.98 Å². The first-order valence-electron chi connectivity index (χ1n) is 6.21. The molecule has 0 amide bonds. The molecule has 1 unspecified atom stereocenters. The molecule has 96 valence electrons. The molecule has 0 radical (unpaired) electrons. The van der Waals surface area contributed by atoms with Crippen molar-refractivity contribution in [1.82, 2.24) is 15.5 Å². The Morgan fingerprint density at radius 2 is 2.24 bits per heavy atom. The summed E-state index contributed by atoms with van der Waals surface area (Å²) < 4.78 is 11.1. The van der Waals surface area contributed by atoms with Gasteiger partial charge in [0.1, 0.15) is 5.60 Å². The lowest BCUT2D eigenvalue weighted by molar-refractivity contribution is 0.00768. The fraction of sp³-hybridized carbons (Fsp3) is 0.833. The number of nitrogens with one attached hydrogen (secondary N) is 1. The van der Waals surface area contributed by atoms with Crippen molar-refractivity contribution >= 4 is 0 Å². The van der Waals surface area contributed by atoms with Gasteiger partial charge in [-0.15, -0.1) is 0 Å². The second-order valence-corrected chi connectivity index (χ2v) is 5.26. The summed E-state index contributed by atoms with van der Waals surface area (Å²) in [5.74, 6) is 1.28. The average molecular weight is 239 g/mol. The minimum Gasteiger partial charge on any atom is -0.367 e. The highest BCUT2D eigenvalue weighted by Crippen LogP contribution is 2.34. The highest BCUT2D eigenvalue weighted by Gasteiger charge is 2.38. The Balaban J connectivity index is 2.21. The SMILES string of the molecule is CCNC(C)(C)c1nc(C2(C)CCCO2)no1. The van der Waals surface area contributed by atoms with Crippen LogP contribution in [0.1, 0.15) is 52.3 Å². The molecule has 17 heavy (non-hydrogen) atoms. The smallest absolute Gasteiger partial charge is 0.246 e. The van der Waals surface area contributed by atoms with Crippen LogP contribution >= 0.6 is 0 Å². The fourth-order valence-electron chi connectivity index (χ4n) is 2.17. The van der Waals surface area contributed by atoms with Crippen LogP contribution in [0.5, 0.6) is 0 Å². The predicted molar refractivity (Wildman–Crippen MR) is 63.5 cm³/mol. The largest absolute Gasteiger partial charge is 0.367 e. The van der Waals surface area contributed by atoms with Crippen LogP contribution in [0.3, 0.4) is 0 Å². The van der Waals surface area contributed by atoms with Gasteiger partial charge in [0.2, 0.25) is 11.7 Å². The number of nitrogens with zero attached hydrogens (tertiary/aromatic N) is 2. The molecule has 5 nitrogen and oxygen atoms in total. The third-order valence-electron chi connectivity index (χ3n) is 3.27. The maximum absolute atomic E-state index is 5.71. The maximum atomic E-state index is 5.71. The van der Waals surface area contributed by atoms with E-state index in [2.05, 4.69) is 22.4 Å². The Morgan fingerprint density at radius 3 is 2.82 bits per heavy atom. The van der Waals surface area contributed by atoms with E-state index in [9.17, 15) is 0 Å². The molecular weight excluding hydrogens is 218 g/mol. The molecule has 0 bridgehead atoms. The van der Waals surface area contributed by atoms with Gasteiger partial charge in [0.05, 0.1) is 5.54 Å². The van der Waals surface area contributed by atoms with Crippen LogP contribution in [0.15, 0.2) is 4.52 Å². The van der Waals surface area contributed by atoms with E-state index in [4.69, 9.17) is 9.26 Å². The topological polar surface area (TPSA) is 60.2 Å². The third kappa shape index (κ3) is 2.35. The van der Waals surface area contributed by atoms with Gasteiger partial charge >= 0.3 is 0 Å². The summed E-state index contributed by atoms with van der Waals surface area (Å²) in [6.45, 7) is 9.78. The Kier molecular flexibility index (Phi) is 3.23. The summed E-state index contributed by atoms with van der Waals surface area (Å²) in [5.41, 5.74) is -0.668. The summed E-state index contributed by atoms with van der Waals surface area (Å²) in [7, 11) is 0. The minimum absolute atomic E-state index is 0.297. The number of aromatic nitrogens is 2. The average Bonchev–Trinajstić information content (AvgIpc) is 2.86. The van der Waals surface area contributed by atoms with E-state index in [-0.39, 0.29) is 11.1 Å². The molecule has 1 atom stereocenters. The van der Waals surface area contributed by atoms with Crippen molar-refractivity contribution in [1.29, 1.82) is 0 Å². The second kappa shape index (κ2) is 4.38. The number of rotatable bonds is 4. The Bertz CT molecular complexity index is 381. The van der Waals surface area contributed by atoms with Crippen LogP contribution in [0.4, 0.5) is 0 Å². The molecule has 1 N–H and O–H groups in total. The van der Waals surface area contributed by atoms with E-state index in [0.29, 0.717) is 11.7 Å². The standard InChI is InChI=1S/C12H21N3O2/c1-5-13-11(2,3)10-14-9(15-17-10)12(4)7-6-8-16-12/h13H,5-8H2,1-4H3. The van der Waals surface area contributed by atoms with Crippen LogP contribution in [0.2, 0.25) is 0 Å². The van der Waals surface area contributed by atoms with E-state index in [1.807, 2.05) is 20.8 Å². The van der Waals surface area contributed by atoms with Gasteiger partial charge in [0.25, 0.3) is 0 Å². The highest BCUT2D eigenvalue weighted by molar-refractivity contribution is 5.06. The summed E-state index contributed by atoms with van der Waals surface area (Å²) in [5, 5.41) is 7.38. The molecule has 2 rings (SSSR count). The fourth-order valence-corrected chi connectivity index (χ4v) is 2.17. The zero-order chi connectivity index (χ0) is 12.5. The zero-order valence-electron chi connectivity index (χ0n) is 11.0. The number of hydrogen-bond acceptors (Lipinski definition) is 5. The summed E-state index contributed by atoms with van der Waals surface area (Å²) in [6, 6.07) is 0. The quantitative estimate of drug-likeness (QED) is 0.870. The second-order valence-electron chi connectivity index (χ2n) is 5.26. The molecule has 1 aliphatic heterocycles. The van der Waals surface area contributed by atoms with Crippen LogP contribution in [-0.2, 0) is 15.9 Å². The van der Waals surface area contributed by atoms with Crippen molar-refractivity contribution in [2.75, 3.05) is 13.2 Å². The molecule has 1 aromatic heterocycles. The van der Waals surface area contributed by atoms with Crippen molar-refractivity contribution in [2.45, 2.75) is 51.7 Å². The van der Waals surface area contributed by atoms with E-state index in [1.54, 1.807) is 0 Å². The van der Waals surface area contributed by atoms with E-state index in [0.717, 1.165) is 26.0 Å². The van der Waals surface area contributed by atoms with Crippen LogP contribution < -0.4 is 5.32 Å². The molecule has 1 saturated heterocycles. The predicted octanol–water partition coefficient (Wildman–Crippen LogP) is 1.94. The molecule has 0 aromatic carbocycles. The van der Waals surface area contributed by atoms with Gasteiger partial charge in [0, 0.05) is 6.61 Å². The zero-order valence-corrected chi connectivity index (χ0v) is 11.0. The molecule has 5 heteroatoms. The van der Waals surface area contributed by atoms with Crippen molar-refractivity contribution in [3.05, 3.63) is 11.7 Å². The number of hydrogen-bond donors (Lipinski definition) is 1. The van der Waals surface area contributed by atoms with Crippen LogP contribution in [0, 0.1) is 0 Å². The first kappa shape index (κ1) is 12.5. The van der Waals surface area contributed by atoms with Crippen LogP contribution in [0.25, 0.3) is 0 Å². The summed E-state index contributed by atoms with van der Waals surface area (Å²) in [4.78, 5) is 4.49. The monoisotopic (exact) mass is 239 g/mol. The van der Waals surface area contributed by atoms with Crippen molar-refractivity contribution in [2.24, 2.45) is 0 Å². The van der Waals surface area contributed by atoms with Crippen molar-refractivity contribution < 1.29 is 9.26 Å². The van der Waals surface area contributed by atoms with Gasteiger partial charge in [-0.1, -0.05) is 12.1 Å². The summed E-state index contributed by atoms with van der Waals surface area (Å²) in [6.07, 6.45) is 2.00.